The summed E-state index contributed by atoms with van der Waals surface area (Å²) in [6.07, 6.45) is 15.8. The van der Waals surface area contributed by atoms with Crippen LogP contribution < -0.4 is 0 Å². The van der Waals surface area contributed by atoms with Gasteiger partial charge in [0.15, 0.2) is 0 Å². The van der Waals surface area contributed by atoms with Crippen LogP contribution in [0.2, 0.25) is 29.9 Å². The second-order valence-corrected chi connectivity index (χ2v) is 34.5. The first-order chi connectivity index (χ1) is 21.8. The van der Waals surface area contributed by atoms with Crippen LogP contribution in [0.15, 0.2) is 33.5 Å². The molecular formula is C40H78O4SiSn. The van der Waals surface area contributed by atoms with Crippen molar-refractivity contribution in [1.82, 2.24) is 0 Å². The Morgan fingerprint density at radius 1 is 0.957 bits per heavy atom. The predicted molar refractivity (Wildman–Crippen MR) is 207 cm³/mol. The molecule has 0 saturated carbocycles. The number of rotatable bonds is 25. The molecule has 1 aliphatic rings. The number of hydrogen-bond donors (Lipinski definition) is 1. The molecule has 4 nitrogen and oxygen atoms in total. The summed E-state index contributed by atoms with van der Waals surface area (Å²) < 4.78 is 24.7. The molecule has 0 saturated heterocycles. The minimum absolute atomic E-state index is 0.0509. The molecule has 270 valence electrons. The minimum atomic E-state index is -2.78. The van der Waals surface area contributed by atoms with Gasteiger partial charge in [-0.05, 0) is 0 Å². The van der Waals surface area contributed by atoms with Crippen molar-refractivity contribution in [3.63, 3.8) is 0 Å². The van der Waals surface area contributed by atoms with Crippen LogP contribution in [-0.2, 0) is 13.9 Å². The molecule has 0 spiro atoms. The van der Waals surface area contributed by atoms with Gasteiger partial charge in [0.25, 0.3) is 0 Å². The Morgan fingerprint density at radius 3 is 1.91 bits per heavy atom. The van der Waals surface area contributed by atoms with Crippen molar-refractivity contribution in [2.75, 3.05) is 20.5 Å². The quantitative estimate of drug-likeness (QED) is 0.0435. The van der Waals surface area contributed by atoms with Crippen molar-refractivity contribution in [2.24, 2.45) is 11.8 Å². The number of allylic oxidation sites excluding steroid dienone is 3. The van der Waals surface area contributed by atoms with E-state index in [1.54, 1.807) is 10.7 Å². The Hall–Kier alpha value is 0.0756. The van der Waals surface area contributed by atoms with Gasteiger partial charge in [-0.2, -0.15) is 0 Å². The molecule has 4 atom stereocenters. The molecule has 6 heteroatoms. The van der Waals surface area contributed by atoms with Gasteiger partial charge in [0, 0.05) is 0 Å². The normalized spacial score (nSPS) is 20.6. The molecule has 0 bridgehead atoms. The van der Waals surface area contributed by atoms with Gasteiger partial charge in [-0.25, -0.2) is 0 Å². The number of ether oxygens (including phenoxy) is 2. The summed E-state index contributed by atoms with van der Waals surface area (Å²) in [5, 5.41) is 12.0. The molecule has 1 N–H and O–H groups in total. The standard InChI is InChI=1S/C28H51O4Si.3C4H9.Sn/c1-20(2)26-16-15-24(9)28(31-19-30-10)27(26)18-25(29)14-12-11-13-17-32-33(21(3)4,22(5)6)23(7)8;3*1-3-4-2;/h14-15,21-23,25-29H,1,11,13,16-19H2,2-10H3;3*1,3-4H2,2H3;/t25-,26-,27-,28-;;;;/m0..../s1. The Bertz CT molecular complexity index is 867. The SMILES string of the molecule is C=C(C)[C@@H]1CC=C(C)[C@H](OCOC)[C@H]1C[C@@H](O)/C=[C](\CCCO[Si](C(C)C)(C(C)C)C(C)C)[Sn]([CH2]CCC)([CH2]CCC)[CH2]CCC. The van der Waals surface area contributed by atoms with E-state index in [4.69, 9.17) is 13.9 Å². The van der Waals surface area contributed by atoms with Crippen molar-refractivity contribution in [3.8, 4) is 0 Å². The maximum atomic E-state index is 12.0. The number of hydrogen-bond acceptors (Lipinski definition) is 4. The molecule has 0 amide bonds. The number of methoxy groups -OCH3 is 1. The average molecular weight is 770 g/mol. The van der Waals surface area contributed by atoms with Gasteiger partial charge in [0.2, 0.25) is 0 Å². The average Bonchev–Trinajstić information content (AvgIpc) is 2.99. The van der Waals surface area contributed by atoms with E-state index < -0.39 is 32.8 Å². The number of aliphatic hydroxyl groups excluding tert-OH is 1. The Kier molecular flexibility index (Phi) is 21.8. The zero-order chi connectivity index (χ0) is 34.9. The van der Waals surface area contributed by atoms with E-state index in [1.807, 2.05) is 0 Å². The van der Waals surface area contributed by atoms with E-state index >= 15 is 0 Å². The molecule has 0 radical (unpaired) electrons. The molecule has 0 fully saturated rings. The summed E-state index contributed by atoms with van der Waals surface area (Å²) in [5.41, 5.74) is 4.24. The van der Waals surface area contributed by atoms with Crippen LogP contribution in [0, 0.1) is 11.8 Å². The molecule has 1 aliphatic carbocycles. The van der Waals surface area contributed by atoms with Gasteiger partial charge in [0.1, 0.15) is 0 Å². The van der Waals surface area contributed by atoms with Crippen molar-refractivity contribution in [2.45, 2.75) is 183 Å². The van der Waals surface area contributed by atoms with Gasteiger partial charge >= 0.3 is 294 Å². The zero-order valence-corrected chi connectivity index (χ0v) is 36.5. The molecule has 0 unspecified atom stereocenters. The van der Waals surface area contributed by atoms with Gasteiger partial charge in [-0.3, -0.25) is 0 Å². The van der Waals surface area contributed by atoms with Crippen molar-refractivity contribution in [1.29, 1.82) is 0 Å². The molecule has 0 aromatic heterocycles. The zero-order valence-electron chi connectivity index (χ0n) is 32.7. The molecule has 0 aromatic rings. The van der Waals surface area contributed by atoms with E-state index in [-0.39, 0.29) is 18.8 Å². The van der Waals surface area contributed by atoms with Crippen LogP contribution in [0.4, 0.5) is 0 Å². The van der Waals surface area contributed by atoms with Gasteiger partial charge in [-0.1, -0.05) is 0 Å². The van der Waals surface area contributed by atoms with Crippen LogP contribution in [-0.4, -0.2) is 64.5 Å². The summed E-state index contributed by atoms with van der Waals surface area (Å²) >= 11 is -2.78. The Morgan fingerprint density at radius 2 is 1.48 bits per heavy atom. The van der Waals surface area contributed by atoms with E-state index in [0.29, 0.717) is 29.0 Å². The monoisotopic (exact) mass is 770 g/mol. The molecular weight excluding hydrogens is 691 g/mol. The first-order valence-corrected chi connectivity index (χ1v) is 28.9. The van der Waals surface area contributed by atoms with Crippen LogP contribution in [0.25, 0.3) is 0 Å². The molecule has 0 heterocycles. The van der Waals surface area contributed by atoms with Crippen LogP contribution in [0.1, 0.15) is 140 Å². The van der Waals surface area contributed by atoms with Crippen molar-refractivity contribution >= 4 is 26.7 Å². The van der Waals surface area contributed by atoms with E-state index in [2.05, 4.69) is 94.9 Å². The molecule has 46 heavy (non-hydrogen) atoms. The number of aliphatic hydroxyl groups is 1. The summed E-state index contributed by atoms with van der Waals surface area (Å²) in [6, 6.07) is 0. The fourth-order valence-electron chi connectivity index (χ4n) is 8.92. The molecule has 0 aromatic carbocycles. The predicted octanol–water partition coefficient (Wildman–Crippen LogP) is 12.2. The summed E-state index contributed by atoms with van der Waals surface area (Å²) in [7, 11) is -0.216. The summed E-state index contributed by atoms with van der Waals surface area (Å²) in [5.74, 6) is 0.495. The van der Waals surface area contributed by atoms with Crippen molar-refractivity contribution in [3.05, 3.63) is 33.5 Å². The Labute approximate surface area is 292 Å². The van der Waals surface area contributed by atoms with Gasteiger partial charge < -0.3 is 0 Å². The second kappa shape index (κ2) is 22.7. The van der Waals surface area contributed by atoms with Gasteiger partial charge in [0.05, 0.1) is 0 Å². The molecule has 1 rings (SSSR count). The second-order valence-electron chi connectivity index (χ2n) is 15.6. The first kappa shape index (κ1) is 44.1. The molecule has 0 aliphatic heterocycles. The maximum absolute atomic E-state index is 12.0. The first-order valence-electron chi connectivity index (χ1n) is 19.2. The fraction of sp³-hybridized carbons (Fsp3) is 0.850. The topological polar surface area (TPSA) is 47.9 Å². The third-order valence-corrected chi connectivity index (χ3v) is 33.7. The van der Waals surface area contributed by atoms with Crippen molar-refractivity contribution < 1.29 is 19.0 Å². The third-order valence-electron chi connectivity index (χ3n) is 11.3. The van der Waals surface area contributed by atoms with E-state index in [0.717, 1.165) is 25.9 Å². The Balaban J connectivity index is 3.54. The van der Waals surface area contributed by atoms with E-state index in [9.17, 15) is 5.11 Å². The third kappa shape index (κ3) is 12.8. The van der Waals surface area contributed by atoms with Crippen LogP contribution in [0.5, 0.6) is 0 Å². The summed E-state index contributed by atoms with van der Waals surface area (Å²) in [4.78, 5) is 0. The fourth-order valence-corrected chi connectivity index (χ4v) is 31.7. The van der Waals surface area contributed by atoms with Crippen LogP contribution in [0.3, 0.4) is 0 Å². The summed E-state index contributed by atoms with van der Waals surface area (Å²) in [6.45, 7) is 31.2. The number of unbranched alkanes of at least 4 members (excludes halogenated alkanes) is 3. The van der Waals surface area contributed by atoms with Crippen LogP contribution >= 0.6 is 0 Å². The van der Waals surface area contributed by atoms with Gasteiger partial charge in [-0.15, -0.1) is 0 Å². The van der Waals surface area contributed by atoms with E-state index in [1.165, 1.54) is 63.0 Å².